The molecule has 1 saturated carbocycles. The van der Waals surface area contributed by atoms with Gasteiger partial charge in [-0.3, -0.25) is 0 Å². The number of rotatable bonds is 0. The Bertz CT molecular complexity index is 272. The van der Waals surface area contributed by atoms with Crippen molar-refractivity contribution in [1.82, 2.24) is 0 Å². The molecule has 0 aromatic rings. The SMILES string of the molecule is CC1CC(C)(C)CC2(CN=C(N)O2)C1. The van der Waals surface area contributed by atoms with Crippen LogP contribution in [0.1, 0.15) is 40.0 Å². The largest absolute Gasteiger partial charge is 0.457 e. The molecule has 2 atom stereocenters. The summed E-state index contributed by atoms with van der Waals surface area (Å²) in [5.74, 6) is 0.708. The van der Waals surface area contributed by atoms with Gasteiger partial charge in [0, 0.05) is 0 Å². The van der Waals surface area contributed by atoms with Gasteiger partial charge < -0.3 is 10.5 Å². The van der Waals surface area contributed by atoms with Crippen LogP contribution >= 0.6 is 0 Å². The van der Waals surface area contributed by atoms with E-state index in [-0.39, 0.29) is 5.60 Å². The van der Waals surface area contributed by atoms with Crippen molar-refractivity contribution < 1.29 is 4.74 Å². The quantitative estimate of drug-likeness (QED) is 0.643. The minimum Gasteiger partial charge on any atom is -0.457 e. The molecule has 2 rings (SSSR count). The minimum atomic E-state index is -0.0781. The van der Waals surface area contributed by atoms with E-state index in [2.05, 4.69) is 25.8 Å². The van der Waals surface area contributed by atoms with Gasteiger partial charge >= 0.3 is 0 Å². The van der Waals surface area contributed by atoms with E-state index in [0.717, 1.165) is 19.4 Å². The van der Waals surface area contributed by atoms with Crippen molar-refractivity contribution in [3.63, 3.8) is 0 Å². The van der Waals surface area contributed by atoms with Crippen molar-refractivity contribution in [2.45, 2.75) is 45.6 Å². The summed E-state index contributed by atoms with van der Waals surface area (Å²) in [6, 6.07) is 0.384. The molecule has 0 saturated heterocycles. The zero-order valence-electron chi connectivity index (χ0n) is 9.34. The van der Waals surface area contributed by atoms with Crippen LogP contribution in [0.4, 0.5) is 0 Å². The number of hydrogen-bond donors (Lipinski definition) is 1. The van der Waals surface area contributed by atoms with E-state index in [4.69, 9.17) is 10.5 Å². The fourth-order valence-corrected chi connectivity index (χ4v) is 3.37. The summed E-state index contributed by atoms with van der Waals surface area (Å²) in [7, 11) is 0. The lowest BCUT2D eigenvalue weighted by molar-refractivity contribution is -0.0265. The maximum atomic E-state index is 5.72. The Morgan fingerprint density at radius 2 is 2.14 bits per heavy atom. The first-order chi connectivity index (χ1) is 6.41. The summed E-state index contributed by atoms with van der Waals surface area (Å²) in [5.41, 5.74) is 5.88. The Morgan fingerprint density at radius 1 is 1.43 bits per heavy atom. The van der Waals surface area contributed by atoms with E-state index in [1.165, 1.54) is 6.42 Å². The Hall–Kier alpha value is -0.730. The molecule has 2 aliphatic rings. The van der Waals surface area contributed by atoms with Crippen LogP contribution in [0.25, 0.3) is 0 Å². The van der Waals surface area contributed by atoms with Gasteiger partial charge in [0.15, 0.2) is 0 Å². The van der Waals surface area contributed by atoms with E-state index < -0.39 is 0 Å². The van der Waals surface area contributed by atoms with Crippen LogP contribution in [0.5, 0.6) is 0 Å². The van der Waals surface area contributed by atoms with Crippen LogP contribution in [-0.4, -0.2) is 18.2 Å². The topological polar surface area (TPSA) is 47.6 Å². The molecule has 1 aliphatic heterocycles. The summed E-state index contributed by atoms with van der Waals surface area (Å²) in [5, 5.41) is 0. The summed E-state index contributed by atoms with van der Waals surface area (Å²) in [6.45, 7) is 7.66. The van der Waals surface area contributed by atoms with E-state index in [9.17, 15) is 0 Å². The molecule has 0 amide bonds. The summed E-state index contributed by atoms with van der Waals surface area (Å²) in [6.07, 6.45) is 3.45. The number of ether oxygens (including phenoxy) is 1. The molecule has 1 heterocycles. The lowest BCUT2D eigenvalue weighted by Gasteiger charge is -2.44. The minimum absolute atomic E-state index is 0.0781. The van der Waals surface area contributed by atoms with E-state index in [0.29, 0.717) is 17.4 Å². The van der Waals surface area contributed by atoms with Gasteiger partial charge in [0.1, 0.15) is 5.60 Å². The molecular formula is C11H20N2O. The van der Waals surface area contributed by atoms with Crippen molar-refractivity contribution in [2.24, 2.45) is 22.1 Å². The molecular weight excluding hydrogens is 176 g/mol. The Labute approximate surface area is 85.7 Å². The van der Waals surface area contributed by atoms with Crippen molar-refractivity contribution in [3.8, 4) is 0 Å². The number of aliphatic imine (C=N–C) groups is 1. The van der Waals surface area contributed by atoms with Gasteiger partial charge in [0.25, 0.3) is 6.02 Å². The molecule has 3 heteroatoms. The molecule has 3 nitrogen and oxygen atoms in total. The van der Waals surface area contributed by atoms with Gasteiger partial charge in [0.2, 0.25) is 0 Å². The van der Waals surface area contributed by atoms with Gasteiger partial charge in [0.05, 0.1) is 6.54 Å². The number of hydrogen-bond acceptors (Lipinski definition) is 3. The van der Waals surface area contributed by atoms with E-state index in [1.54, 1.807) is 0 Å². The van der Waals surface area contributed by atoms with Crippen molar-refractivity contribution in [1.29, 1.82) is 0 Å². The maximum Gasteiger partial charge on any atom is 0.282 e. The molecule has 0 bridgehead atoms. The fraction of sp³-hybridized carbons (Fsp3) is 0.909. The average Bonchev–Trinajstić information content (AvgIpc) is 2.26. The van der Waals surface area contributed by atoms with Crippen molar-refractivity contribution in [3.05, 3.63) is 0 Å². The standard InChI is InChI=1S/C11H20N2O/c1-8-4-10(2,3)6-11(5-8)7-13-9(12)14-11/h8H,4-7H2,1-3H3,(H2,12,13). The summed E-state index contributed by atoms with van der Waals surface area (Å²) >= 11 is 0. The smallest absolute Gasteiger partial charge is 0.282 e. The molecule has 0 aromatic heterocycles. The number of nitrogens with zero attached hydrogens (tertiary/aromatic N) is 1. The maximum absolute atomic E-state index is 5.72. The zero-order valence-corrected chi connectivity index (χ0v) is 9.34. The molecule has 14 heavy (non-hydrogen) atoms. The molecule has 0 aromatic carbocycles. The highest BCUT2D eigenvalue weighted by Crippen LogP contribution is 2.46. The highest BCUT2D eigenvalue weighted by atomic mass is 16.5. The Kier molecular flexibility index (Phi) is 2.02. The molecule has 0 radical (unpaired) electrons. The van der Waals surface area contributed by atoms with Crippen LogP contribution in [0.15, 0.2) is 4.99 Å². The highest BCUT2D eigenvalue weighted by Gasteiger charge is 2.47. The van der Waals surface area contributed by atoms with Gasteiger partial charge in [-0.05, 0) is 30.6 Å². The van der Waals surface area contributed by atoms with Gasteiger partial charge in [-0.2, -0.15) is 0 Å². The van der Waals surface area contributed by atoms with Gasteiger partial charge in [-0.1, -0.05) is 20.8 Å². The molecule has 80 valence electrons. The lowest BCUT2D eigenvalue weighted by atomic mass is 9.66. The summed E-state index contributed by atoms with van der Waals surface area (Å²) in [4.78, 5) is 4.19. The van der Waals surface area contributed by atoms with E-state index in [1.807, 2.05) is 0 Å². The Balaban J connectivity index is 2.14. The first-order valence-corrected chi connectivity index (χ1v) is 5.40. The average molecular weight is 196 g/mol. The molecule has 1 fully saturated rings. The third-order valence-corrected chi connectivity index (χ3v) is 3.27. The predicted molar refractivity (Wildman–Crippen MR) is 57.1 cm³/mol. The second kappa shape index (κ2) is 2.88. The second-order valence-corrected chi connectivity index (χ2v) is 5.79. The van der Waals surface area contributed by atoms with Crippen LogP contribution in [-0.2, 0) is 4.74 Å². The molecule has 1 spiro atoms. The second-order valence-electron chi connectivity index (χ2n) is 5.79. The monoisotopic (exact) mass is 196 g/mol. The third-order valence-electron chi connectivity index (χ3n) is 3.27. The Morgan fingerprint density at radius 3 is 2.64 bits per heavy atom. The first kappa shape index (κ1) is 9.81. The normalized spacial score (nSPS) is 40.8. The number of nitrogens with two attached hydrogens (primary N) is 1. The third kappa shape index (κ3) is 1.72. The van der Waals surface area contributed by atoms with Crippen LogP contribution in [0.2, 0.25) is 0 Å². The lowest BCUT2D eigenvalue weighted by Crippen LogP contribution is -2.45. The van der Waals surface area contributed by atoms with Crippen LogP contribution in [0.3, 0.4) is 0 Å². The van der Waals surface area contributed by atoms with Gasteiger partial charge in [-0.15, -0.1) is 0 Å². The van der Waals surface area contributed by atoms with E-state index >= 15 is 0 Å². The molecule has 2 N–H and O–H groups in total. The fourth-order valence-electron chi connectivity index (χ4n) is 3.37. The van der Waals surface area contributed by atoms with Crippen LogP contribution < -0.4 is 5.73 Å². The predicted octanol–water partition coefficient (Wildman–Crippen LogP) is 1.92. The molecule has 1 aliphatic carbocycles. The van der Waals surface area contributed by atoms with Crippen molar-refractivity contribution in [2.75, 3.05) is 6.54 Å². The van der Waals surface area contributed by atoms with Crippen molar-refractivity contribution >= 4 is 6.02 Å². The van der Waals surface area contributed by atoms with Crippen LogP contribution in [0, 0.1) is 11.3 Å². The summed E-state index contributed by atoms with van der Waals surface area (Å²) < 4.78 is 5.72. The highest BCUT2D eigenvalue weighted by molar-refractivity contribution is 5.73. The number of amidine groups is 1. The van der Waals surface area contributed by atoms with Gasteiger partial charge in [-0.25, -0.2) is 4.99 Å². The molecule has 2 unspecified atom stereocenters. The zero-order chi connectivity index (χ0) is 10.4. The first-order valence-electron chi connectivity index (χ1n) is 5.40.